The second-order valence-electron chi connectivity index (χ2n) is 5.65. The van der Waals surface area contributed by atoms with Gasteiger partial charge in [-0.3, -0.25) is 4.90 Å². The van der Waals surface area contributed by atoms with Crippen molar-refractivity contribution in [3.63, 3.8) is 0 Å². The highest BCUT2D eigenvalue weighted by molar-refractivity contribution is 4.89. The summed E-state index contributed by atoms with van der Waals surface area (Å²) in [5.74, 6) is 1.80. The molecule has 1 aliphatic heterocycles. The fraction of sp³-hybridized carbons (Fsp3) is 1.00. The normalized spacial score (nSPS) is 42.4. The molecular weight excluding hydrogens is 184 g/mol. The third-order valence-corrected chi connectivity index (χ3v) is 4.80. The van der Waals surface area contributed by atoms with Gasteiger partial charge in [-0.25, -0.2) is 0 Å². The summed E-state index contributed by atoms with van der Waals surface area (Å²) >= 11 is 0. The molecule has 88 valence electrons. The van der Waals surface area contributed by atoms with Gasteiger partial charge in [-0.1, -0.05) is 26.7 Å². The number of hydrogen-bond donors (Lipinski definition) is 1. The van der Waals surface area contributed by atoms with Crippen molar-refractivity contribution in [2.75, 3.05) is 20.1 Å². The summed E-state index contributed by atoms with van der Waals surface area (Å²) < 4.78 is 0. The third-order valence-electron chi connectivity index (χ3n) is 4.80. The molecule has 0 amide bonds. The smallest absolute Gasteiger partial charge is 0.0232 e. The Kier molecular flexibility index (Phi) is 3.68. The summed E-state index contributed by atoms with van der Waals surface area (Å²) in [6.07, 6.45) is 5.63. The van der Waals surface area contributed by atoms with Crippen molar-refractivity contribution in [1.82, 2.24) is 10.2 Å². The Balaban J connectivity index is 1.95. The zero-order chi connectivity index (χ0) is 10.8. The number of nitrogens with one attached hydrogen (secondary N) is 1. The lowest BCUT2D eigenvalue weighted by atomic mass is 9.77. The Labute approximate surface area is 94.4 Å². The van der Waals surface area contributed by atoms with Gasteiger partial charge in [-0.15, -0.1) is 0 Å². The van der Waals surface area contributed by atoms with Crippen LogP contribution < -0.4 is 5.32 Å². The minimum absolute atomic E-state index is 0.794. The molecule has 1 aliphatic carbocycles. The molecule has 0 spiro atoms. The topological polar surface area (TPSA) is 15.3 Å². The summed E-state index contributed by atoms with van der Waals surface area (Å²) in [7, 11) is 2.34. The van der Waals surface area contributed by atoms with Crippen LogP contribution in [0.15, 0.2) is 0 Å². The maximum Gasteiger partial charge on any atom is 0.0232 e. The van der Waals surface area contributed by atoms with Crippen molar-refractivity contribution < 1.29 is 0 Å². The van der Waals surface area contributed by atoms with Gasteiger partial charge in [0.1, 0.15) is 0 Å². The molecule has 15 heavy (non-hydrogen) atoms. The molecule has 1 saturated carbocycles. The van der Waals surface area contributed by atoms with Crippen LogP contribution in [-0.2, 0) is 0 Å². The first-order valence-electron chi connectivity index (χ1n) is 6.63. The quantitative estimate of drug-likeness (QED) is 0.751. The molecule has 0 aromatic carbocycles. The molecule has 4 atom stereocenters. The monoisotopic (exact) mass is 210 g/mol. The lowest BCUT2D eigenvalue weighted by Crippen LogP contribution is -2.47. The molecule has 2 heteroatoms. The van der Waals surface area contributed by atoms with Crippen LogP contribution in [0.2, 0.25) is 0 Å². The average molecular weight is 210 g/mol. The van der Waals surface area contributed by atoms with E-state index in [4.69, 9.17) is 0 Å². The zero-order valence-electron chi connectivity index (χ0n) is 10.5. The number of hydrogen-bond acceptors (Lipinski definition) is 2. The van der Waals surface area contributed by atoms with E-state index in [0.29, 0.717) is 0 Å². The van der Waals surface area contributed by atoms with Gasteiger partial charge in [0, 0.05) is 18.6 Å². The van der Waals surface area contributed by atoms with Gasteiger partial charge >= 0.3 is 0 Å². The Morgan fingerprint density at radius 3 is 2.60 bits per heavy atom. The predicted octanol–water partition coefficient (Wildman–Crippen LogP) is 2.10. The van der Waals surface area contributed by atoms with E-state index in [1.165, 1.54) is 38.8 Å². The second-order valence-corrected chi connectivity index (χ2v) is 5.65. The number of nitrogens with zero attached hydrogens (tertiary/aromatic N) is 1. The van der Waals surface area contributed by atoms with Crippen molar-refractivity contribution >= 4 is 0 Å². The van der Waals surface area contributed by atoms with Crippen molar-refractivity contribution in [1.29, 1.82) is 0 Å². The summed E-state index contributed by atoms with van der Waals surface area (Å²) in [5.41, 5.74) is 0. The molecule has 0 bridgehead atoms. The minimum Gasteiger partial charge on any atom is -0.315 e. The van der Waals surface area contributed by atoms with E-state index in [9.17, 15) is 0 Å². The molecule has 1 N–H and O–H groups in total. The molecule has 2 aliphatic rings. The van der Waals surface area contributed by atoms with E-state index in [1.807, 2.05) is 0 Å². The van der Waals surface area contributed by atoms with Gasteiger partial charge in [-0.05, 0) is 38.3 Å². The van der Waals surface area contributed by atoms with Crippen LogP contribution in [0.3, 0.4) is 0 Å². The molecule has 1 heterocycles. The van der Waals surface area contributed by atoms with Crippen LogP contribution in [-0.4, -0.2) is 37.1 Å². The Hall–Kier alpha value is -0.0800. The fourth-order valence-electron chi connectivity index (χ4n) is 3.39. The maximum absolute atomic E-state index is 3.48. The highest BCUT2D eigenvalue weighted by Crippen LogP contribution is 2.33. The van der Waals surface area contributed by atoms with Gasteiger partial charge in [0.25, 0.3) is 0 Å². The van der Waals surface area contributed by atoms with E-state index in [0.717, 1.165) is 23.9 Å². The van der Waals surface area contributed by atoms with Gasteiger partial charge in [0.15, 0.2) is 0 Å². The van der Waals surface area contributed by atoms with Crippen molar-refractivity contribution in [2.45, 2.75) is 51.6 Å². The van der Waals surface area contributed by atoms with Crippen LogP contribution in [0.1, 0.15) is 39.5 Å². The van der Waals surface area contributed by atoms with E-state index in [1.54, 1.807) is 0 Å². The molecular formula is C13H26N2. The van der Waals surface area contributed by atoms with Gasteiger partial charge in [-0.2, -0.15) is 0 Å². The molecule has 0 radical (unpaired) electrons. The molecule has 2 nitrogen and oxygen atoms in total. The highest BCUT2D eigenvalue weighted by Gasteiger charge is 2.33. The molecule has 0 aromatic rings. The summed E-state index contributed by atoms with van der Waals surface area (Å²) in [4.78, 5) is 2.67. The summed E-state index contributed by atoms with van der Waals surface area (Å²) in [6, 6.07) is 1.63. The van der Waals surface area contributed by atoms with Crippen LogP contribution in [0.4, 0.5) is 0 Å². The molecule has 1 saturated heterocycles. The zero-order valence-corrected chi connectivity index (χ0v) is 10.5. The number of rotatable bonds is 2. The first kappa shape index (κ1) is 11.4. The Bertz CT molecular complexity index is 199. The molecule has 0 aromatic heterocycles. The second kappa shape index (κ2) is 4.84. The van der Waals surface area contributed by atoms with Crippen LogP contribution >= 0.6 is 0 Å². The predicted molar refractivity (Wildman–Crippen MR) is 65.0 cm³/mol. The third kappa shape index (κ3) is 2.36. The van der Waals surface area contributed by atoms with Gasteiger partial charge in [0.2, 0.25) is 0 Å². The van der Waals surface area contributed by atoms with Crippen molar-refractivity contribution in [2.24, 2.45) is 11.8 Å². The standard InChI is InChI=1S/C13H26N2/c1-10-5-4-6-13(11(10)2)15(3)12-7-8-14-9-12/h10-14H,4-9H2,1-3H3. The van der Waals surface area contributed by atoms with Crippen LogP contribution in [0, 0.1) is 11.8 Å². The molecule has 4 unspecified atom stereocenters. The van der Waals surface area contributed by atoms with E-state index < -0.39 is 0 Å². The minimum atomic E-state index is 0.794. The van der Waals surface area contributed by atoms with Gasteiger partial charge in [0.05, 0.1) is 0 Å². The Morgan fingerprint density at radius 2 is 1.93 bits per heavy atom. The first-order valence-corrected chi connectivity index (χ1v) is 6.63. The van der Waals surface area contributed by atoms with Gasteiger partial charge < -0.3 is 5.32 Å². The maximum atomic E-state index is 3.48. The SMILES string of the molecule is CC1CCCC(N(C)C2CCNC2)C1C. The highest BCUT2D eigenvalue weighted by atomic mass is 15.2. The van der Waals surface area contributed by atoms with E-state index in [2.05, 4.69) is 31.1 Å². The lowest BCUT2D eigenvalue weighted by Gasteiger charge is -2.42. The van der Waals surface area contributed by atoms with E-state index >= 15 is 0 Å². The van der Waals surface area contributed by atoms with Crippen LogP contribution in [0.5, 0.6) is 0 Å². The van der Waals surface area contributed by atoms with E-state index in [-0.39, 0.29) is 0 Å². The van der Waals surface area contributed by atoms with Crippen molar-refractivity contribution in [3.8, 4) is 0 Å². The fourth-order valence-corrected chi connectivity index (χ4v) is 3.39. The largest absolute Gasteiger partial charge is 0.315 e. The number of likely N-dealkylation sites (N-methyl/N-ethyl adjacent to an activating group) is 1. The molecule has 2 fully saturated rings. The van der Waals surface area contributed by atoms with Crippen molar-refractivity contribution in [3.05, 3.63) is 0 Å². The molecule has 2 rings (SSSR count). The Morgan fingerprint density at radius 1 is 1.13 bits per heavy atom. The summed E-state index contributed by atoms with van der Waals surface area (Å²) in [5, 5.41) is 3.48. The average Bonchev–Trinajstić information content (AvgIpc) is 2.74. The first-order chi connectivity index (χ1) is 7.20. The van der Waals surface area contributed by atoms with Crippen LogP contribution in [0.25, 0.3) is 0 Å². The summed E-state index contributed by atoms with van der Waals surface area (Å²) in [6.45, 7) is 7.30. The lowest BCUT2D eigenvalue weighted by molar-refractivity contribution is 0.0749.